The minimum Gasteiger partial charge on any atom is -0.312 e. The Morgan fingerprint density at radius 1 is 1.27 bits per heavy atom. The predicted octanol–water partition coefficient (Wildman–Crippen LogP) is 5.06. The van der Waals surface area contributed by atoms with E-state index >= 15 is 0 Å². The number of Topliss-reactive ketones (excluding diaryl/α,β-unsaturated/α-hetero) is 1. The van der Waals surface area contributed by atoms with Gasteiger partial charge < -0.3 is 4.57 Å². The maximum atomic E-state index is 12.6. The number of ketones is 1. The summed E-state index contributed by atoms with van der Waals surface area (Å²) >= 11 is 7.69. The molecule has 4 nitrogen and oxygen atoms in total. The summed E-state index contributed by atoms with van der Waals surface area (Å²) in [4.78, 5) is 12.6. The quantitative estimate of drug-likeness (QED) is 0.439. The third-order valence-electron chi connectivity index (χ3n) is 4.22. The van der Waals surface area contributed by atoms with E-state index in [0.29, 0.717) is 17.0 Å². The monoisotopic (exact) mass is 385 g/mol. The van der Waals surface area contributed by atoms with E-state index < -0.39 is 0 Å². The molecule has 0 unspecified atom stereocenters. The third kappa shape index (κ3) is 4.34. The van der Waals surface area contributed by atoms with Crippen LogP contribution in [0.5, 0.6) is 0 Å². The van der Waals surface area contributed by atoms with Crippen LogP contribution in [0.4, 0.5) is 0 Å². The van der Waals surface area contributed by atoms with Crippen LogP contribution in [-0.4, -0.2) is 20.5 Å². The fraction of sp³-hybridized carbons (Fsp3) is 0.250. The van der Waals surface area contributed by atoms with E-state index in [1.807, 2.05) is 36.7 Å². The molecule has 0 spiro atoms. The SMILES string of the molecule is Cc1cc(C(=O)Cc2cccc([C@H](C)Sc3nncn3C)c2)ccc1Cl. The number of carbonyl (C=O) groups excluding carboxylic acids is 1. The Balaban J connectivity index is 1.73. The summed E-state index contributed by atoms with van der Waals surface area (Å²) in [5, 5.41) is 9.79. The number of hydrogen-bond donors (Lipinski definition) is 0. The molecule has 1 heterocycles. The molecule has 0 radical (unpaired) electrons. The molecule has 0 N–H and O–H groups in total. The lowest BCUT2D eigenvalue weighted by Gasteiger charge is -2.12. The fourth-order valence-corrected chi connectivity index (χ4v) is 3.69. The molecular weight excluding hydrogens is 366 g/mol. The first-order valence-corrected chi connectivity index (χ1v) is 9.58. The van der Waals surface area contributed by atoms with Gasteiger partial charge in [-0.15, -0.1) is 10.2 Å². The molecule has 0 aliphatic carbocycles. The summed E-state index contributed by atoms with van der Waals surface area (Å²) in [6, 6.07) is 13.6. The van der Waals surface area contributed by atoms with Crippen molar-refractivity contribution in [2.75, 3.05) is 0 Å². The first-order chi connectivity index (χ1) is 12.4. The van der Waals surface area contributed by atoms with Crippen LogP contribution in [0.1, 0.15) is 39.2 Å². The van der Waals surface area contributed by atoms with Crippen molar-refractivity contribution in [2.24, 2.45) is 7.05 Å². The predicted molar refractivity (Wildman–Crippen MR) is 106 cm³/mol. The van der Waals surface area contributed by atoms with Crippen molar-refractivity contribution in [1.82, 2.24) is 14.8 Å². The first kappa shape index (κ1) is 18.7. The molecule has 6 heteroatoms. The molecule has 3 aromatic rings. The highest BCUT2D eigenvalue weighted by Gasteiger charge is 2.13. The minimum atomic E-state index is 0.0931. The first-order valence-electron chi connectivity index (χ1n) is 8.33. The average molecular weight is 386 g/mol. The lowest BCUT2D eigenvalue weighted by Crippen LogP contribution is -2.04. The van der Waals surface area contributed by atoms with E-state index in [1.165, 1.54) is 0 Å². The van der Waals surface area contributed by atoms with Crippen LogP contribution < -0.4 is 0 Å². The zero-order valence-electron chi connectivity index (χ0n) is 14.9. The van der Waals surface area contributed by atoms with Crippen LogP contribution in [0.15, 0.2) is 53.9 Å². The molecule has 1 atom stereocenters. The Morgan fingerprint density at radius 2 is 2.08 bits per heavy atom. The lowest BCUT2D eigenvalue weighted by atomic mass is 9.99. The van der Waals surface area contributed by atoms with Crippen molar-refractivity contribution >= 4 is 29.1 Å². The van der Waals surface area contributed by atoms with Gasteiger partial charge in [-0.3, -0.25) is 4.79 Å². The van der Waals surface area contributed by atoms with Crippen molar-refractivity contribution < 1.29 is 4.79 Å². The molecule has 0 aliphatic heterocycles. The molecule has 0 fully saturated rings. The van der Waals surface area contributed by atoms with E-state index in [4.69, 9.17) is 11.6 Å². The summed E-state index contributed by atoms with van der Waals surface area (Å²) in [5.74, 6) is 0.0931. The van der Waals surface area contributed by atoms with Gasteiger partial charge in [0.2, 0.25) is 0 Å². The maximum absolute atomic E-state index is 12.6. The van der Waals surface area contributed by atoms with E-state index in [1.54, 1.807) is 30.2 Å². The number of aromatic nitrogens is 3. The van der Waals surface area contributed by atoms with E-state index in [0.717, 1.165) is 21.8 Å². The number of hydrogen-bond acceptors (Lipinski definition) is 4. The summed E-state index contributed by atoms with van der Waals surface area (Å²) in [6.07, 6.45) is 2.06. The number of carbonyl (C=O) groups is 1. The standard InChI is InChI=1S/C20H20ClN3OS/c1-13-9-17(7-8-18(13)21)19(25)11-15-5-4-6-16(10-15)14(2)26-20-23-22-12-24(20)3/h4-10,12,14H,11H2,1-3H3/t14-/m0/s1. The van der Waals surface area contributed by atoms with E-state index in [9.17, 15) is 4.79 Å². The molecule has 1 aromatic heterocycles. The minimum absolute atomic E-state index is 0.0931. The van der Waals surface area contributed by atoms with Crippen LogP contribution in [0, 0.1) is 6.92 Å². The maximum Gasteiger partial charge on any atom is 0.191 e. The molecule has 0 bridgehead atoms. The van der Waals surface area contributed by atoms with Gasteiger partial charge in [-0.25, -0.2) is 0 Å². The number of benzene rings is 2. The Labute approximate surface area is 162 Å². The smallest absolute Gasteiger partial charge is 0.191 e. The van der Waals surface area contributed by atoms with Crippen molar-refractivity contribution in [2.45, 2.75) is 30.7 Å². The summed E-state index contributed by atoms with van der Waals surface area (Å²) in [7, 11) is 1.93. The number of rotatable bonds is 6. The molecule has 3 rings (SSSR count). The molecule has 134 valence electrons. The second kappa shape index (κ2) is 8.06. The van der Waals surface area contributed by atoms with Crippen LogP contribution in [0.2, 0.25) is 5.02 Å². The topological polar surface area (TPSA) is 47.8 Å². The second-order valence-electron chi connectivity index (χ2n) is 6.29. The zero-order chi connectivity index (χ0) is 18.7. The highest BCUT2D eigenvalue weighted by atomic mass is 35.5. The summed E-state index contributed by atoms with van der Waals surface area (Å²) in [5.41, 5.74) is 3.78. The molecule has 2 aromatic carbocycles. The van der Waals surface area contributed by atoms with Gasteiger partial charge in [-0.05, 0) is 48.7 Å². The van der Waals surface area contributed by atoms with Gasteiger partial charge in [0.05, 0.1) is 0 Å². The van der Waals surface area contributed by atoms with Crippen LogP contribution >= 0.6 is 23.4 Å². The number of aryl methyl sites for hydroxylation is 2. The van der Waals surface area contributed by atoms with Gasteiger partial charge in [0.15, 0.2) is 10.9 Å². The summed E-state index contributed by atoms with van der Waals surface area (Å²) in [6.45, 7) is 4.04. The van der Waals surface area contributed by atoms with Gasteiger partial charge in [-0.2, -0.15) is 0 Å². The van der Waals surface area contributed by atoms with Crippen molar-refractivity contribution in [3.05, 3.63) is 76.1 Å². The van der Waals surface area contributed by atoms with Crippen LogP contribution in [-0.2, 0) is 13.5 Å². The molecule has 0 aliphatic rings. The van der Waals surface area contributed by atoms with E-state index in [2.05, 4.69) is 29.3 Å². The van der Waals surface area contributed by atoms with Gasteiger partial charge in [0, 0.05) is 29.3 Å². The third-order valence-corrected chi connectivity index (χ3v) is 5.85. The highest BCUT2D eigenvalue weighted by molar-refractivity contribution is 7.99. The Kier molecular flexibility index (Phi) is 5.79. The Morgan fingerprint density at radius 3 is 2.77 bits per heavy atom. The van der Waals surface area contributed by atoms with E-state index in [-0.39, 0.29) is 11.0 Å². The van der Waals surface area contributed by atoms with Crippen LogP contribution in [0.3, 0.4) is 0 Å². The van der Waals surface area contributed by atoms with Crippen LogP contribution in [0.25, 0.3) is 0 Å². The lowest BCUT2D eigenvalue weighted by molar-refractivity contribution is 0.0993. The average Bonchev–Trinajstić information content (AvgIpc) is 3.02. The summed E-state index contributed by atoms with van der Waals surface area (Å²) < 4.78 is 1.90. The molecule has 0 saturated carbocycles. The Hall–Kier alpha value is -2.11. The van der Waals surface area contributed by atoms with Crippen molar-refractivity contribution in [3.63, 3.8) is 0 Å². The normalized spacial score (nSPS) is 12.2. The molecule has 0 amide bonds. The van der Waals surface area contributed by atoms with Crippen molar-refractivity contribution in [1.29, 1.82) is 0 Å². The molecular formula is C20H20ClN3OS. The van der Waals surface area contributed by atoms with Gasteiger partial charge in [0.1, 0.15) is 6.33 Å². The second-order valence-corrected chi connectivity index (χ2v) is 8.01. The molecule has 0 saturated heterocycles. The van der Waals surface area contributed by atoms with Gasteiger partial charge >= 0.3 is 0 Å². The zero-order valence-corrected chi connectivity index (χ0v) is 16.5. The number of halogens is 1. The van der Waals surface area contributed by atoms with Crippen molar-refractivity contribution in [3.8, 4) is 0 Å². The Bertz CT molecular complexity index is 938. The largest absolute Gasteiger partial charge is 0.312 e. The number of nitrogens with zero attached hydrogens (tertiary/aromatic N) is 3. The van der Waals surface area contributed by atoms with Gasteiger partial charge in [0.25, 0.3) is 0 Å². The molecule has 26 heavy (non-hydrogen) atoms. The fourth-order valence-electron chi connectivity index (χ4n) is 2.67. The van der Waals surface area contributed by atoms with Gasteiger partial charge in [-0.1, -0.05) is 47.6 Å². The highest BCUT2D eigenvalue weighted by Crippen LogP contribution is 2.33. The number of thioether (sulfide) groups is 1.